The molecule has 3 nitrogen and oxygen atoms in total. The van der Waals surface area contributed by atoms with Gasteiger partial charge < -0.3 is 0 Å². The first-order valence-corrected chi connectivity index (χ1v) is 3.87. The zero-order chi connectivity index (χ0) is 9.94. The van der Waals surface area contributed by atoms with Crippen LogP contribution in [-0.4, -0.2) is 23.6 Å². The number of rotatable bonds is 2. The molecule has 0 fully saturated rings. The van der Waals surface area contributed by atoms with Gasteiger partial charge in [0.25, 0.3) is 5.91 Å². The summed E-state index contributed by atoms with van der Waals surface area (Å²) in [5.74, 6) is -0.190. The lowest BCUT2D eigenvalue weighted by molar-refractivity contribution is -0.213. The molecule has 0 aliphatic heterocycles. The lowest BCUT2D eigenvalue weighted by atomic mass is 10.2. The molecular formula is C9H17NO2. The van der Waals surface area contributed by atoms with Crippen molar-refractivity contribution in [3.05, 3.63) is 12.2 Å². The summed E-state index contributed by atoms with van der Waals surface area (Å²) in [5, 5.41) is 1.21. The van der Waals surface area contributed by atoms with Crippen molar-refractivity contribution in [1.82, 2.24) is 5.06 Å². The standard InChI is InChI=1S/C9H17NO2/c1-7(2)8(11)10(6)12-9(3,4)5/h1H2,2-6H3. The zero-order valence-corrected chi connectivity index (χ0v) is 8.47. The Kier molecular flexibility index (Phi) is 3.46. The second-order valence-electron chi connectivity index (χ2n) is 3.79. The van der Waals surface area contributed by atoms with E-state index in [-0.39, 0.29) is 11.5 Å². The van der Waals surface area contributed by atoms with E-state index in [1.807, 2.05) is 20.8 Å². The number of carbonyl (C=O) groups is 1. The number of hydrogen-bond acceptors (Lipinski definition) is 2. The van der Waals surface area contributed by atoms with Crippen LogP contribution in [0.2, 0.25) is 0 Å². The number of amides is 1. The summed E-state index contributed by atoms with van der Waals surface area (Å²) >= 11 is 0. The summed E-state index contributed by atoms with van der Waals surface area (Å²) in [6.45, 7) is 10.8. The monoisotopic (exact) mass is 171 g/mol. The van der Waals surface area contributed by atoms with Crippen LogP contribution in [0.1, 0.15) is 27.7 Å². The normalized spacial score (nSPS) is 11.1. The molecule has 0 unspecified atom stereocenters. The van der Waals surface area contributed by atoms with E-state index < -0.39 is 0 Å². The van der Waals surface area contributed by atoms with Crippen LogP contribution in [0.4, 0.5) is 0 Å². The van der Waals surface area contributed by atoms with Crippen molar-refractivity contribution in [2.75, 3.05) is 7.05 Å². The van der Waals surface area contributed by atoms with Gasteiger partial charge >= 0.3 is 0 Å². The Morgan fingerprint density at radius 1 is 1.42 bits per heavy atom. The number of hydroxylamine groups is 2. The fraction of sp³-hybridized carbons (Fsp3) is 0.667. The van der Waals surface area contributed by atoms with Crippen molar-refractivity contribution < 1.29 is 9.63 Å². The SMILES string of the molecule is C=C(C)C(=O)N(C)OC(C)(C)C. The predicted molar refractivity (Wildman–Crippen MR) is 48.4 cm³/mol. The molecule has 0 saturated heterocycles. The molecule has 0 N–H and O–H groups in total. The molecule has 12 heavy (non-hydrogen) atoms. The van der Waals surface area contributed by atoms with Gasteiger partial charge in [0.1, 0.15) is 0 Å². The number of likely N-dealkylation sites (N-methyl/N-ethyl adjacent to an activating group) is 1. The lowest BCUT2D eigenvalue weighted by Crippen LogP contribution is -2.35. The van der Waals surface area contributed by atoms with E-state index in [0.717, 1.165) is 0 Å². The van der Waals surface area contributed by atoms with Gasteiger partial charge in [-0.05, 0) is 27.7 Å². The van der Waals surface area contributed by atoms with Gasteiger partial charge in [0.15, 0.2) is 0 Å². The molecule has 0 aromatic rings. The first kappa shape index (κ1) is 11.2. The van der Waals surface area contributed by atoms with Crippen LogP contribution in [0.15, 0.2) is 12.2 Å². The van der Waals surface area contributed by atoms with Gasteiger partial charge in [-0.2, -0.15) is 0 Å². The second-order valence-corrected chi connectivity index (χ2v) is 3.79. The first-order valence-electron chi connectivity index (χ1n) is 3.87. The summed E-state index contributed by atoms with van der Waals surface area (Å²) < 4.78 is 0. The average molecular weight is 171 g/mol. The molecule has 0 rings (SSSR count). The summed E-state index contributed by atoms with van der Waals surface area (Å²) in [4.78, 5) is 16.5. The van der Waals surface area contributed by atoms with Gasteiger partial charge in [-0.15, -0.1) is 0 Å². The van der Waals surface area contributed by atoms with E-state index in [0.29, 0.717) is 5.57 Å². The molecule has 0 heterocycles. The Hall–Kier alpha value is -0.830. The smallest absolute Gasteiger partial charge is 0.267 e. The molecule has 0 saturated carbocycles. The third-order valence-electron chi connectivity index (χ3n) is 1.06. The van der Waals surface area contributed by atoms with E-state index in [1.54, 1.807) is 14.0 Å². The third kappa shape index (κ3) is 4.13. The Morgan fingerprint density at radius 3 is 2.08 bits per heavy atom. The van der Waals surface area contributed by atoms with Crippen LogP contribution in [-0.2, 0) is 9.63 Å². The average Bonchev–Trinajstić information content (AvgIpc) is 1.82. The van der Waals surface area contributed by atoms with Crippen LogP contribution in [0, 0.1) is 0 Å². The summed E-state index contributed by atoms with van der Waals surface area (Å²) in [7, 11) is 1.59. The highest BCUT2D eigenvalue weighted by molar-refractivity contribution is 5.91. The second kappa shape index (κ2) is 3.72. The van der Waals surface area contributed by atoms with Crippen molar-refractivity contribution in [2.24, 2.45) is 0 Å². The molecule has 3 heteroatoms. The largest absolute Gasteiger partial charge is 0.272 e. The zero-order valence-electron chi connectivity index (χ0n) is 8.47. The Morgan fingerprint density at radius 2 is 1.83 bits per heavy atom. The van der Waals surface area contributed by atoms with Gasteiger partial charge in [0, 0.05) is 12.6 Å². The topological polar surface area (TPSA) is 29.5 Å². The summed E-state index contributed by atoms with van der Waals surface area (Å²) in [5.41, 5.74) is 0.126. The van der Waals surface area contributed by atoms with Crippen LogP contribution in [0.5, 0.6) is 0 Å². The minimum absolute atomic E-state index is 0.190. The highest BCUT2D eigenvalue weighted by Crippen LogP contribution is 2.10. The molecule has 0 bridgehead atoms. The van der Waals surface area contributed by atoms with Gasteiger partial charge in [-0.3, -0.25) is 9.63 Å². The van der Waals surface area contributed by atoms with E-state index in [2.05, 4.69) is 6.58 Å². The number of hydrogen-bond donors (Lipinski definition) is 0. The van der Waals surface area contributed by atoms with Crippen LogP contribution >= 0.6 is 0 Å². The molecule has 1 amide bonds. The Labute approximate surface area is 74.0 Å². The molecule has 0 aliphatic carbocycles. The quantitative estimate of drug-likeness (QED) is 0.468. The lowest BCUT2D eigenvalue weighted by Gasteiger charge is -2.26. The van der Waals surface area contributed by atoms with Crippen molar-refractivity contribution in [3.8, 4) is 0 Å². The fourth-order valence-electron chi connectivity index (χ4n) is 0.721. The van der Waals surface area contributed by atoms with E-state index in [4.69, 9.17) is 4.84 Å². The summed E-state index contributed by atoms with van der Waals surface area (Å²) in [6.07, 6.45) is 0. The van der Waals surface area contributed by atoms with Gasteiger partial charge in [-0.1, -0.05) is 6.58 Å². The molecule has 0 radical (unpaired) electrons. The molecule has 70 valence electrons. The molecule has 0 aliphatic rings. The first-order chi connectivity index (χ1) is 5.24. The predicted octanol–water partition coefficient (Wildman–Crippen LogP) is 1.75. The van der Waals surface area contributed by atoms with Gasteiger partial charge in [0.05, 0.1) is 5.60 Å². The third-order valence-corrected chi connectivity index (χ3v) is 1.06. The van der Waals surface area contributed by atoms with Crippen LogP contribution in [0.3, 0.4) is 0 Å². The number of carbonyl (C=O) groups excluding carboxylic acids is 1. The molecule has 0 aromatic carbocycles. The van der Waals surface area contributed by atoms with E-state index in [1.165, 1.54) is 5.06 Å². The highest BCUT2D eigenvalue weighted by atomic mass is 16.7. The maximum atomic E-state index is 11.2. The van der Waals surface area contributed by atoms with E-state index >= 15 is 0 Å². The fourth-order valence-corrected chi connectivity index (χ4v) is 0.721. The maximum absolute atomic E-state index is 11.2. The minimum Gasteiger partial charge on any atom is -0.267 e. The highest BCUT2D eigenvalue weighted by Gasteiger charge is 2.18. The van der Waals surface area contributed by atoms with Crippen molar-refractivity contribution in [2.45, 2.75) is 33.3 Å². The summed E-state index contributed by atoms with van der Waals surface area (Å²) in [6, 6.07) is 0. The van der Waals surface area contributed by atoms with Gasteiger partial charge in [-0.25, -0.2) is 5.06 Å². The minimum atomic E-state index is -0.347. The van der Waals surface area contributed by atoms with Crippen molar-refractivity contribution in [1.29, 1.82) is 0 Å². The Balaban J connectivity index is 4.14. The van der Waals surface area contributed by atoms with E-state index in [9.17, 15) is 4.79 Å². The molecule has 0 spiro atoms. The van der Waals surface area contributed by atoms with Gasteiger partial charge in [0.2, 0.25) is 0 Å². The number of nitrogens with zero attached hydrogens (tertiary/aromatic N) is 1. The maximum Gasteiger partial charge on any atom is 0.272 e. The van der Waals surface area contributed by atoms with Crippen molar-refractivity contribution >= 4 is 5.91 Å². The molecule has 0 atom stereocenters. The van der Waals surface area contributed by atoms with Crippen molar-refractivity contribution in [3.63, 3.8) is 0 Å². The van der Waals surface area contributed by atoms with Crippen LogP contribution < -0.4 is 0 Å². The molecule has 0 aromatic heterocycles. The molecular weight excluding hydrogens is 154 g/mol. The Bertz CT molecular complexity index is 191. The van der Waals surface area contributed by atoms with Crippen LogP contribution in [0.25, 0.3) is 0 Å².